The molecule has 2 rings (SSSR count). The van der Waals surface area contributed by atoms with Crippen LogP contribution in [0.5, 0.6) is 0 Å². The van der Waals surface area contributed by atoms with Crippen molar-refractivity contribution in [2.24, 2.45) is 0 Å². The van der Waals surface area contributed by atoms with Gasteiger partial charge in [0.15, 0.2) is 12.3 Å². The number of hydrogen-bond donors (Lipinski definition) is 3. The Balaban J connectivity index is 0.0000186. The molecule has 22 heteroatoms. The zero-order valence-electron chi connectivity index (χ0n) is 37.7. The largest absolute Gasteiger partial charge is 1.00 e. The Bertz CT molecular complexity index is 1510. The van der Waals surface area contributed by atoms with E-state index in [-0.39, 0.29) is 121 Å². The third kappa shape index (κ3) is 29.0. The van der Waals surface area contributed by atoms with Crippen molar-refractivity contribution in [3.8, 4) is 0 Å². The molecule has 0 radical (unpaired) electrons. The van der Waals surface area contributed by atoms with Crippen molar-refractivity contribution >= 4 is 33.4 Å². The number of anilines is 1. The molecule has 6 atom stereocenters. The van der Waals surface area contributed by atoms with Crippen LogP contribution >= 0.6 is 15.6 Å². The van der Waals surface area contributed by atoms with E-state index >= 15 is 0 Å². The molecule has 4 N–H and O–H groups in total. The summed E-state index contributed by atoms with van der Waals surface area (Å²) < 4.78 is 56.6. The first-order valence-electron chi connectivity index (χ1n) is 22.0. The van der Waals surface area contributed by atoms with Crippen molar-refractivity contribution in [3.63, 3.8) is 0 Å². The fraction of sp³-hybridized carbons (Fsp3) is 0.850. The number of aromatic nitrogens is 2. The maximum atomic E-state index is 13.5. The van der Waals surface area contributed by atoms with Gasteiger partial charge in [0.25, 0.3) is 0 Å². The summed E-state index contributed by atoms with van der Waals surface area (Å²) in [5.41, 5.74) is 4.58. The summed E-state index contributed by atoms with van der Waals surface area (Å²) in [6, 6.07) is 1.24. The number of ether oxygens (including phenoxy) is 3. The Hall–Kier alpha value is 1.03. The van der Waals surface area contributed by atoms with Gasteiger partial charge in [-0.15, -0.1) is 0 Å². The molecular weight excluding hydrogens is 903 g/mol. The molecule has 62 heavy (non-hydrogen) atoms. The van der Waals surface area contributed by atoms with Gasteiger partial charge in [0, 0.05) is 19.0 Å². The number of carbonyl (C=O) groups is 2. The molecule has 1 fully saturated rings. The van der Waals surface area contributed by atoms with E-state index in [1.54, 1.807) is 0 Å². The van der Waals surface area contributed by atoms with Gasteiger partial charge in [-0.25, -0.2) is 9.36 Å². The second kappa shape index (κ2) is 37.0. The van der Waals surface area contributed by atoms with Crippen molar-refractivity contribution in [1.82, 2.24) is 9.55 Å². The summed E-state index contributed by atoms with van der Waals surface area (Å²) >= 11 is 0. The Labute approximate surface area is 453 Å². The summed E-state index contributed by atoms with van der Waals surface area (Å²) in [7, 11) is -11.4. The number of nitrogens with zero attached hydrogens (tertiary/aromatic N) is 2. The molecule has 0 aliphatic carbocycles. The van der Waals surface area contributed by atoms with Gasteiger partial charge in [0.05, 0.1) is 21.0 Å². The van der Waals surface area contributed by atoms with E-state index in [0.717, 1.165) is 62.1 Å². The van der Waals surface area contributed by atoms with Crippen LogP contribution in [-0.2, 0) is 46.3 Å². The van der Waals surface area contributed by atoms with Crippen LogP contribution in [-0.4, -0.2) is 75.9 Å². The number of nitrogens with two attached hydrogens (primary N) is 1. The molecule has 0 bridgehead atoms. The van der Waals surface area contributed by atoms with Gasteiger partial charge in [-0.3, -0.25) is 27.5 Å². The van der Waals surface area contributed by atoms with Crippen LogP contribution < -0.4 is 124 Å². The van der Waals surface area contributed by atoms with Gasteiger partial charge >= 0.3 is 128 Å². The Kier molecular flexibility index (Phi) is 37.6. The summed E-state index contributed by atoms with van der Waals surface area (Å²) in [6.07, 6.45) is 17.2. The molecule has 348 valence electrons. The standard InChI is InChI=1S/C40H73N3O15P2.2K/c1-3-5-7-9-11-13-15-17-19-21-23-25-35(44)53-29-32(56-36(45)26-24-22-20-18-16-14-12-10-8-6-4-2)30-54-60(52,58-59(49,50)51)55-31-33-37(46)38(47)39(57-33)43-28-27-34(41)42-40(43)48;;/h27-28,32-33,37-39,46-47H,3-26,29-31H2,1-2H3,(H2,41,42,48)(H2,49,50,51);;/q;2*+1/p-2/t32-,33-,37-,38-,39-,60?;;/m1../s1. The van der Waals surface area contributed by atoms with Crippen molar-refractivity contribution in [3.05, 3.63) is 22.7 Å². The minimum absolute atomic E-state index is 0. The molecule has 0 aromatic carbocycles. The Morgan fingerprint density at radius 2 is 1.23 bits per heavy atom. The van der Waals surface area contributed by atoms with Gasteiger partial charge in [-0.2, -0.15) is 4.98 Å². The zero-order chi connectivity index (χ0) is 44.2. The Morgan fingerprint density at radius 3 is 1.69 bits per heavy atom. The first-order chi connectivity index (χ1) is 28.7. The third-order valence-corrected chi connectivity index (χ3v) is 12.7. The van der Waals surface area contributed by atoms with E-state index in [2.05, 4.69) is 23.1 Å². The van der Waals surface area contributed by atoms with Gasteiger partial charge < -0.3 is 44.5 Å². The molecule has 1 aromatic heterocycles. The van der Waals surface area contributed by atoms with E-state index in [1.165, 1.54) is 83.1 Å². The molecule has 2 heterocycles. The molecule has 0 saturated carbocycles. The summed E-state index contributed by atoms with van der Waals surface area (Å²) in [5.74, 6) is -1.37. The van der Waals surface area contributed by atoms with E-state index in [0.29, 0.717) is 12.8 Å². The van der Waals surface area contributed by atoms with Crippen LogP contribution in [0, 0.1) is 0 Å². The molecule has 18 nitrogen and oxygen atoms in total. The molecule has 1 aromatic rings. The van der Waals surface area contributed by atoms with Crippen LogP contribution in [0.3, 0.4) is 0 Å². The first kappa shape index (κ1) is 63.0. The van der Waals surface area contributed by atoms with Crippen molar-refractivity contribution in [2.75, 3.05) is 25.6 Å². The number of rotatable bonds is 36. The predicted molar refractivity (Wildman–Crippen MR) is 220 cm³/mol. The minimum atomic E-state index is -6.06. The monoisotopic (exact) mass is 973 g/mol. The van der Waals surface area contributed by atoms with Crippen molar-refractivity contribution in [2.45, 2.75) is 199 Å². The molecule has 1 aliphatic heterocycles. The third-order valence-electron chi connectivity index (χ3n) is 10.2. The fourth-order valence-corrected chi connectivity index (χ4v) is 8.86. The van der Waals surface area contributed by atoms with Crippen LogP contribution in [0.4, 0.5) is 5.82 Å². The van der Waals surface area contributed by atoms with Crippen LogP contribution in [0.1, 0.15) is 174 Å². The van der Waals surface area contributed by atoms with Gasteiger partial charge in [0.2, 0.25) is 0 Å². The average molecular weight is 974 g/mol. The minimum Gasteiger partial charge on any atom is -0.789 e. The maximum absolute atomic E-state index is 13.5. The first-order valence-corrected chi connectivity index (χ1v) is 24.9. The van der Waals surface area contributed by atoms with Crippen molar-refractivity contribution in [1.29, 1.82) is 0 Å². The number of aliphatic hydroxyl groups is 2. The summed E-state index contributed by atoms with van der Waals surface area (Å²) in [4.78, 5) is 64.5. The number of nitrogen functional groups attached to an aromatic ring is 1. The number of hydrogen-bond acceptors (Lipinski definition) is 17. The maximum Gasteiger partial charge on any atom is 1.00 e. The zero-order valence-corrected chi connectivity index (χ0v) is 45.7. The van der Waals surface area contributed by atoms with Crippen LogP contribution in [0.15, 0.2) is 17.1 Å². The number of esters is 2. The fourth-order valence-electron chi connectivity index (χ4n) is 6.75. The molecule has 0 spiro atoms. The van der Waals surface area contributed by atoms with E-state index < -0.39 is 83.7 Å². The van der Waals surface area contributed by atoms with Gasteiger partial charge in [-0.1, -0.05) is 142 Å². The van der Waals surface area contributed by atoms with Crippen molar-refractivity contribution < 1.29 is 169 Å². The molecule has 0 amide bonds. The van der Waals surface area contributed by atoms with E-state index in [1.807, 2.05) is 0 Å². The Morgan fingerprint density at radius 1 is 0.758 bits per heavy atom. The summed E-state index contributed by atoms with van der Waals surface area (Å²) in [5, 5.41) is 21.1. The van der Waals surface area contributed by atoms with Crippen LogP contribution in [0.2, 0.25) is 0 Å². The second-order valence-electron chi connectivity index (χ2n) is 15.5. The SMILES string of the molecule is CCCCCCCCCCCCCC(=O)OC[C@H](COP(=O)(OC[C@H]1O[C@@H](n2ccc(N)nc2=O)[C@H](O)[C@@H]1O)OP(=O)([O-])[O-])OC(=O)CCCCCCCCCCCCC.[K+].[K+]. The van der Waals surface area contributed by atoms with Gasteiger partial charge in [-0.05, 0) is 18.9 Å². The predicted octanol–water partition coefficient (Wildman–Crippen LogP) is 0.297. The van der Waals surface area contributed by atoms with E-state index in [4.69, 9.17) is 29.0 Å². The number of phosphoric ester groups is 1. The molecule has 1 saturated heterocycles. The number of aliphatic hydroxyl groups excluding tert-OH is 2. The van der Waals surface area contributed by atoms with Gasteiger partial charge in [0.1, 0.15) is 30.7 Å². The quantitative estimate of drug-likeness (QED) is 0.0353. The number of carbonyl (C=O) groups excluding carboxylic acids is 2. The molecule has 1 aliphatic rings. The summed E-state index contributed by atoms with van der Waals surface area (Å²) in [6.45, 7) is 1.98. The van der Waals surface area contributed by atoms with Crippen LogP contribution in [0.25, 0.3) is 0 Å². The molecule has 1 unspecified atom stereocenters. The smallest absolute Gasteiger partial charge is 0.789 e. The van der Waals surface area contributed by atoms with E-state index in [9.17, 15) is 43.5 Å². The number of unbranched alkanes of at least 4 members (excludes halogenated alkanes) is 20. The molecular formula is C40H71K2N3O15P2. The topological polar surface area (TPSA) is 271 Å². The average Bonchev–Trinajstić information content (AvgIpc) is 3.47. The normalized spacial score (nSPS) is 18.9. The second-order valence-corrected chi connectivity index (χ2v) is 18.5. The number of phosphoric acid groups is 2.